The monoisotopic (exact) mass is 246 g/mol. The van der Waals surface area contributed by atoms with Crippen molar-refractivity contribution in [1.82, 2.24) is 0 Å². The second-order valence-corrected chi connectivity index (χ2v) is 4.46. The van der Waals surface area contributed by atoms with Crippen LogP contribution in [0.25, 0.3) is 0 Å². The van der Waals surface area contributed by atoms with Crippen LogP contribution in [-0.4, -0.2) is 7.11 Å². The smallest absolute Gasteiger partial charge is 0.119 e. The first-order valence-electron chi connectivity index (χ1n) is 5.61. The maximum Gasteiger partial charge on any atom is 0.119 e. The summed E-state index contributed by atoms with van der Waals surface area (Å²) in [7, 11) is 1.68. The van der Waals surface area contributed by atoms with E-state index in [1.54, 1.807) is 7.11 Å². The van der Waals surface area contributed by atoms with Crippen LogP contribution in [0.3, 0.4) is 0 Å². The van der Waals surface area contributed by atoms with Crippen LogP contribution in [0.2, 0.25) is 0 Å². The molecule has 0 aliphatic heterocycles. The molecule has 0 bridgehead atoms. The highest BCUT2D eigenvalue weighted by molar-refractivity contribution is 6.20. The molecule has 0 radical (unpaired) electrons. The first-order valence-corrected chi connectivity index (χ1v) is 6.05. The van der Waals surface area contributed by atoms with Crippen molar-refractivity contribution in [3.05, 3.63) is 65.7 Å². The van der Waals surface area contributed by atoms with Gasteiger partial charge in [-0.05, 0) is 29.7 Å². The SMILES string of the molecule is COc1cccc(CC(Cl)c2ccccc2)c1. The molecule has 1 atom stereocenters. The van der Waals surface area contributed by atoms with Crippen molar-refractivity contribution in [2.45, 2.75) is 11.8 Å². The van der Waals surface area contributed by atoms with Crippen molar-refractivity contribution in [2.24, 2.45) is 0 Å². The molecule has 0 fully saturated rings. The average Bonchev–Trinajstić information content (AvgIpc) is 2.40. The fourth-order valence-electron chi connectivity index (χ4n) is 1.79. The zero-order valence-corrected chi connectivity index (χ0v) is 10.5. The summed E-state index contributed by atoms with van der Waals surface area (Å²) < 4.78 is 5.20. The molecule has 2 aromatic carbocycles. The van der Waals surface area contributed by atoms with Gasteiger partial charge in [0.2, 0.25) is 0 Å². The maximum absolute atomic E-state index is 6.40. The van der Waals surface area contributed by atoms with Gasteiger partial charge in [0.1, 0.15) is 5.75 Å². The van der Waals surface area contributed by atoms with Gasteiger partial charge >= 0.3 is 0 Å². The Balaban J connectivity index is 2.10. The van der Waals surface area contributed by atoms with Crippen molar-refractivity contribution >= 4 is 11.6 Å². The molecule has 2 rings (SSSR count). The number of benzene rings is 2. The number of hydrogen-bond acceptors (Lipinski definition) is 1. The Morgan fingerprint density at radius 3 is 2.53 bits per heavy atom. The van der Waals surface area contributed by atoms with Gasteiger partial charge in [-0.3, -0.25) is 0 Å². The molecule has 2 aromatic rings. The molecular formula is C15H15ClO. The molecule has 0 heterocycles. The van der Waals surface area contributed by atoms with Gasteiger partial charge in [-0.1, -0.05) is 42.5 Å². The molecule has 88 valence electrons. The third kappa shape index (κ3) is 3.24. The molecule has 0 saturated carbocycles. The second kappa shape index (κ2) is 5.74. The van der Waals surface area contributed by atoms with E-state index in [0.717, 1.165) is 17.7 Å². The summed E-state index contributed by atoms with van der Waals surface area (Å²) in [5.41, 5.74) is 2.34. The van der Waals surface area contributed by atoms with Gasteiger partial charge < -0.3 is 4.74 Å². The van der Waals surface area contributed by atoms with E-state index < -0.39 is 0 Å². The largest absolute Gasteiger partial charge is 0.497 e. The lowest BCUT2D eigenvalue weighted by Gasteiger charge is -2.10. The lowest BCUT2D eigenvalue weighted by atomic mass is 10.0. The first-order chi connectivity index (χ1) is 8.29. The maximum atomic E-state index is 6.40. The molecule has 0 spiro atoms. The van der Waals surface area contributed by atoms with Crippen molar-refractivity contribution in [3.63, 3.8) is 0 Å². The van der Waals surface area contributed by atoms with Crippen LogP contribution in [-0.2, 0) is 6.42 Å². The number of hydrogen-bond donors (Lipinski definition) is 0. The van der Waals surface area contributed by atoms with E-state index in [4.69, 9.17) is 16.3 Å². The number of rotatable bonds is 4. The molecule has 1 unspecified atom stereocenters. The molecule has 0 aromatic heterocycles. The van der Waals surface area contributed by atoms with Crippen molar-refractivity contribution < 1.29 is 4.74 Å². The Morgan fingerprint density at radius 2 is 1.82 bits per heavy atom. The molecule has 0 saturated heterocycles. The molecule has 1 nitrogen and oxygen atoms in total. The molecule has 0 aliphatic carbocycles. The molecule has 0 N–H and O–H groups in total. The fourth-order valence-corrected chi connectivity index (χ4v) is 2.11. The molecule has 0 amide bonds. The summed E-state index contributed by atoms with van der Waals surface area (Å²) in [5.74, 6) is 0.874. The van der Waals surface area contributed by atoms with Crippen LogP contribution in [0, 0.1) is 0 Å². The van der Waals surface area contributed by atoms with Crippen molar-refractivity contribution in [1.29, 1.82) is 0 Å². The summed E-state index contributed by atoms with van der Waals surface area (Å²) in [6.07, 6.45) is 0.808. The topological polar surface area (TPSA) is 9.23 Å². The van der Waals surface area contributed by atoms with Crippen molar-refractivity contribution in [3.8, 4) is 5.75 Å². The van der Waals surface area contributed by atoms with Crippen LogP contribution in [0.5, 0.6) is 5.75 Å². The highest BCUT2D eigenvalue weighted by atomic mass is 35.5. The second-order valence-electron chi connectivity index (χ2n) is 3.93. The Hall–Kier alpha value is -1.47. The van der Waals surface area contributed by atoms with Gasteiger partial charge in [0.15, 0.2) is 0 Å². The van der Waals surface area contributed by atoms with E-state index in [1.807, 2.05) is 36.4 Å². The fraction of sp³-hybridized carbons (Fsp3) is 0.200. The highest BCUT2D eigenvalue weighted by Crippen LogP contribution is 2.26. The van der Waals surface area contributed by atoms with Crippen LogP contribution < -0.4 is 4.74 Å². The van der Waals surface area contributed by atoms with Gasteiger partial charge in [0.25, 0.3) is 0 Å². The summed E-state index contributed by atoms with van der Waals surface area (Å²) >= 11 is 6.40. The molecule has 0 aliphatic rings. The summed E-state index contributed by atoms with van der Waals surface area (Å²) in [4.78, 5) is 0. The van der Waals surface area contributed by atoms with E-state index in [-0.39, 0.29) is 5.38 Å². The van der Waals surface area contributed by atoms with Crippen LogP contribution >= 0.6 is 11.6 Å². The van der Waals surface area contributed by atoms with E-state index in [9.17, 15) is 0 Å². The highest BCUT2D eigenvalue weighted by Gasteiger charge is 2.08. The van der Waals surface area contributed by atoms with Gasteiger partial charge in [-0.25, -0.2) is 0 Å². The Kier molecular flexibility index (Phi) is 4.05. The zero-order valence-electron chi connectivity index (χ0n) is 9.77. The van der Waals surface area contributed by atoms with E-state index >= 15 is 0 Å². The van der Waals surface area contributed by atoms with Crippen LogP contribution in [0.15, 0.2) is 54.6 Å². The lowest BCUT2D eigenvalue weighted by molar-refractivity contribution is 0.414. The number of halogens is 1. The number of alkyl halides is 1. The summed E-state index contributed by atoms with van der Waals surface area (Å²) in [5, 5.41) is 0.00306. The molecular weight excluding hydrogens is 232 g/mol. The predicted octanol–water partition coefficient (Wildman–Crippen LogP) is 4.22. The minimum absolute atomic E-state index is 0.00306. The lowest BCUT2D eigenvalue weighted by Crippen LogP contribution is -1.96. The zero-order chi connectivity index (χ0) is 12.1. The van der Waals surface area contributed by atoms with E-state index in [1.165, 1.54) is 5.56 Å². The normalized spacial score (nSPS) is 12.1. The number of methoxy groups -OCH3 is 1. The number of ether oxygens (including phenoxy) is 1. The first kappa shape index (κ1) is 12.0. The summed E-state index contributed by atoms with van der Waals surface area (Å²) in [6, 6.07) is 18.2. The van der Waals surface area contributed by atoms with Gasteiger partial charge in [0, 0.05) is 0 Å². The quantitative estimate of drug-likeness (QED) is 0.734. The van der Waals surface area contributed by atoms with Gasteiger partial charge in [-0.2, -0.15) is 0 Å². The minimum atomic E-state index is 0.00306. The van der Waals surface area contributed by atoms with Crippen LogP contribution in [0.1, 0.15) is 16.5 Å². The third-order valence-electron chi connectivity index (χ3n) is 2.71. The van der Waals surface area contributed by atoms with Gasteiger partial charge in [0.05, 0.1) is 12.5 Å². The van der Waals surface area contributed by atoms with Crippen molar-refractivity contribution in [2.75, 3.05) is 7.11 Å². The van der Waals surface area contributed by atoms with Gasteiger partial charge in [-0.15, -0.1) is 11.6 Å². The predicted molar refractivity (Wildman–Crippen MR) is 71.7 cm³/mol. The summed E-state index contributed by atoms with van der Waals surface area (Å²) in [6.45, 7) is 0. The Bertz CT molecular complexity index is 467. The standard InChI is InChI=1S/C15H15ClO/c1-17-14-9-5-6-12(10-14)11-15(16)13-7-3-2-4-8-13/h2-10,15H,11H2,1H3. The van der Waals surface area contributed by atoms with Crippen LogP contribution in [0.4, 0.5) is 0 Å². The third-order valence-corrected chi connectivity index (χ3v) is 3.12. The van der Waals surface area contributed by atoms with E-state index in [0.29, 0.717) is 0 Å². The Morgan fingerprint density at radius 1 is 1.06 bits per heavy atom. The average molecular weight is 247 g/mol. The van der Waals surface area contributed by atoms with E-state index in [2.05, 4.69) is 18.2 Å². The Labute approximate surface area is 107 Å². The molecule has 17 heavy (non-hydrogen) atoms. The molecule has 2 heteroatoms. The minimum Gasteiger partial charge on any atom is -0.497 e.